The number of allylic oxidation sites excluding steroid dienone is 1. The highest BCUT2D eigenvalue weighted by molar-refractivity contribution is 9.10. The molecule has 2 aromatic carbocycles. The Kier molecular flexibility index (Phi) is 7.47. The van der Waals surface area contributed by atoms with E-state index in [1.165, 1.54) is 25.6 Å². The zero-order valence-corrected chi connectivity index (χ0v) is 22.1. The Hall–Kier alpha value is -3.30. The largest absolute Gasteiger partial charge is 0.468 e. The number of rotatable bonds is 6. The van der Waals surface area contributed by atoms with Crippen molar-refractivity contribution >= 4 is 55.7 Å². The molecule has 0 saturated heterocycles. The number of aliphatic imine (C=N–C) groups is 1. The normalized spacial score (nSPS) is 17.6. The lowest BCUT2D eigenvalue weighted by Crippen LogP contribution is -2.36. The van der Waals surface area contributed by atoms with Crippen molar-refractivity contribution < 1.29 is 19.1 Å². The summed E-state index contributed by atoms with van der Waals surface area (Å²) in [4.78, 5) is 34.9. The number of nitrogens with one attached hydrogen (secondary N) is 1. The van der Waals surface area contributed by atoms with Crippen molar-refractivity contribution in [3.05, 3.63) is 75.2 Å². The highest BCUT2D eigenvalue weighted by Gasteiger charge is 2.43. The van der Waals surface area contributed by atoms with Gasteiger partial charge in [0.2, 0.25) is 0 Å². The molecule has 0 bridgehead atoms. The van der Waals surface area contributed by atoms with Crippen LogP contribution >= 0.6 is 27.3 Å². The van der Waals surface area contributed by atoms with Gasteiger partial charge >= 0.3 is 11.9 Å². The zero-order valence-electron chi connectivity index (χ0n) is 19.7. The summed E-state index contributed by atoms with van der Waals surface area (Å²) in [6.07, 6.45) is 0. The van der Waals surface area contributed by atoms with Crippen LogP contribution in [0, 0.1) is 5.92 Å². The minimum absolute atomic E-state index is 0.331. The third-order valence-electron chi connectivity index (χ3n) is 5.87. The maximum absolute atomic E-state index is 12.9. The number of halogens is 1. The number of ether oxygens (including phenoxy) is 2. The summed E-state index contributed by atoms with van der Waals surface area (Å²) in [5.74, 6) is -2.40. The summed E-state index contributed by atoms with van der Waals surface area (Å²) >= 11 is 4.92. The van der Waals surface area contributed by atoms with Crippen molar-refractivity contribution in [1.29, 1.82) is 0 Å². The van der Waals surface area contributed by atoms with Gasteiger partial charge in [-0.2, -0.15) is 0 Å². The standard InChI is InChI=1S/C26H24BrN3O4S/c1-14-21(24(31)33-3)23(22(15(2)28-14)25(32)34-4)18-7-5-6-8-19(18)29-26-30-20(13-35-26)16-9-11-17(27)12-10-16/h5-13,21,23H,1-4H3,(H,29,30). The molecule has 1 aromatic heterocycles. The van der Waals surface area contributed by atoms with Crippen LogP contribution < -0.4 is 5.32 Å². The van der Waals surface area contributed by atoms with E-state index in [-0.39, 0.29) is 0 Å². The van der Waals surface area contributed by atoms with E-state index in [0.717, 1.165) is 27.0 Å². The van der Waals surface area contributed by atoms with E-state index < -0.39 is 23.8 Å². The molecule has 180 valence electrons. The molecule has 2 atom stereocenters. The molecule has 7 nitrogen and oxygen atoms in total. The minimum atomic E-state index is -0.768. The highest BCUT2D eigenvalue weighted by Crippen LogP contribution is 2.43. The Bertz CT molecular complexity index is 1330. The number of hydrogen-bond donors (Lipinski definition) is 1. The van der Waals surface area contributed by atoms with Crippen LogP contribution in [0.2, 0.25) is 0 Å². The van der Waals surface area contributed by atoms with Crippen LogP contribution in [0.4, 0.5) is 10.8 Å². The van der Waals surface area contributed by atoms with Crippen LogP contribution in [0.15, 0.2) is 74.6 Å². The van der Waals surface area contributed by atoms with Gasteiger partial charge in [0.15, 0.2) is 5.13 Å². The van der Waals surface area contributed by atoms with Crippen molar-refractivity contribution in [3.8, 4) is 11.3 Å². The van der Waals surface area contributed by atoms with Gasteiger partial charge in [0.05, 0.1) is 25.5 Å². The molecule has 0 radical (unpaired) electrons. The van der Waals surface area contributed by atoms with Crippen LogP contribution in [-0.2, 0) is 19.1 Å². The maximum atomic E-state index is 12.9. The third-order valence-corrected chi connectivity index (χ3v) is 7.16. The van der Waals surface area contributed by atoms with Crippen LogP contribution in [0.5, 0.6) is 0 Å². The predicted octanol–water partition coefficient (Wildman–Crippen LogP) is 6.11. The molecule has 9 heteroatoms. The number of carbonyl (C=O) groups is 2. The van der Waals surface area contributed by atoms with Crippen LogP contribution in [-0.4, -0.2) is 36.9 Å². The summed E-state index contributed by atoms with van der Waals surface area (Å²) in [6, 6.07) is 15.5. The second-order valence-electron chi connectivity index (χ2n) is 7.98. The summed E-state index contributed by atoms with van der Waals surface area (Å²) in [6.45, 7) is 3.52. The first-order chi connectivity index (χ1) is 16.8. The number of nitrogens with zero attached hydrogens (tertiary/aromatic N) is 2. The van der Waals surface area contributed by atoms with Crippen molar-refractivity contribution in [2.75, 3.05) is 19.5 Å². The van der Waals surface area contributed by atoms with Gasteiger partial charge in [0.1, 0.15) is 5.92 Å². The number of thiazole rings is 1. The Morgan fingerprint density at radius 2 is 1.74 bits per heavy atom. The van der Waals surface area contributed by atoms with Gasteiger partial charge in [-0.3, -0.25) is 9.79 Å². The maximum Gasteiger partial charge on any atom is 0.336 e. The number of benzene rings is 2. The number of esters is 2. The Morgan fingerprint density at radius 3 is 2.43 bits per heavy atom. The number of aromatic nitrogens is 1. The molecule has 0 saturated carbocycles. The van der Waals surface area contributed by atoms with E-state index in [0.29, 0.717) is 22.1 Å². The van der Waals surface area contributed by atoms with Crippen LogP contribution in [0.25, 0.3) is 11.3 Å². The minimum Gasteiger partial charge on any atom is -0.468 e. The predicted molar refractivity (Wildman–Crippen MR) is 141 cm³/mol. The average Bonchev–Trinajstić information content (AvgIpc) is 3.32. The summed E-state index contributed by atoms with van der Waals surface area (Å²) < 4.78 is 11.2. The molecule has 1 aliphatic rings. The fraction of sp³-hybridized carbons (Fsp3) is 0.231. The van der Waals surface area contributed by atoms with Gasteiger partial charge in [-0.1, -0.05) is 46.3 Å². The van der Waals surface area contributed by atoms with Gasteiger partial charge in [-0.15, -0.1) is 11.3 Å². The SMILES string of the molecule is COC(=O)C1=C(C)N=C(C)C(C(=O)OC)C1c1ccccc1Nc1nc(-c2ccc(Br)cc2)cs1. The monoisotopic (exact) mass is 553 g/mol. The van der Waals surface area contributed by atoms with E-state index in [4.69, 9.17) is 14.5 Å². The molecular formula is C26H24BrN3O4S. The zero-order chi connectivity index (χ0) is 25.1. The Morgan fingerprint density at radius 1 is 1.03 bits per heavy atom. The quantitative estimate of drug-likeness (QED) is 0.370. The first kappa shape index (κ1) is 24.8. The van der Waals surface area contributed by atoms with Crippen LogP contribution in [0.1, 0.15) is 25.3 Å². The molecule has 0 spiro atoms. The van der Waals surface area contributed by atoms with E-state index in [9.17, 15) is 9.59 Å². The number of methoxy groups -OCH3 is 2. The lowest BCUT2D eigenvalue weighted by atomic mass is 9.75. The molecule has 0 aliphatic carbocycles. The molecule has 4 rings (SSSR count). The number of hydrogen-bond acceptors (Lipinski definition) is 8. The van der Waals surface area contributed by atoms with E-state index in [1.807, 2.05) is 53.9 Å². The van der Waals surface area contributed by atoms with Crippen molar-refractivity contribution in [2.45, 2.75) is 19.8 Å². The fourth-order valence-electron chi connectivity index (χ4n) is 4.26. The van der Waals surface area contributed by atoms with Crippen molar-refractivity contribution in [3.63, 3.8) is 0 Å². The molecule has 35 heavy (non-hydrogen) atoms. The number of anilines is 2. The van der Waals surface area contributed by atoms with Gasteiger partial charge in [0.25, 0.3) is 0 Å². The van der Waals surface area contributed by atoms with Gasteiger partial charge < -0.3 is 14.8 Å². The number of para-hydroxylation sites is 1. The topological polar surface area (TPSA) is 89.9 Å². The van der Waals surface area contributed by atoms with E-state index >= 15 is 0 Å². The summed E-state index contributed by atoms with van der Waals surface area (Å²) in [7, 11) is 2.65. The summed E-state index contributed by atoms with van der Waals surface area (Å²) in [5.41, 5.74) is 4.75. The Labute approximate surface area is 216 Å². The highest BCUT2D eigenvalue weighted by atomic mass is 79.9. The molecule has 1 aliphatic heterocycles. The Balaban J connectivity index is 1.76. The van der Waals surface area contributed by atoms with E-state index in [2.05, 4.69) is 26.2 Å². The first-order valence-electron chi connectivity index (χ1n) is 10.8. The molecular weight excluding hydrogens is 530 g/mol. The second kappa shape index (κ2) is 10.5. The van der Waals surface area contributed by atoms with Crippen molar-refractivity contribution in [1.82, 2.24) is 4.98 Å². The molecule has 2 heterocycles. The summed E-state index contributed by atoms with van der Waals surface area (Å²) in [5, 5.41) is 6.05. The molecule has 0 fully saturated rings. The molecule has 1 N–H and O–H groups in total. The van der Waals surface area contributed by atoms with E-state index in [1.54, 1.807) is 13.8 Å². The smallest absolute Gasteiger partial charge is 0.336 e. The fourth-order valence-corrected chi connectivity index (χ4v) is 5.26. The molecule has 0 amide bonds. The lowest BCUT2D eigenvalue weighted by Gasteiger charge is -2.32. The second-order valence-corrected chi connectivity index (χ2v) is 9.75. The first-order valence-corrected chi connectivity index (χ1v) is 12.5. The molecule has 3 aromatic rings. The average molecular weight is 554 g/mol. The van der Waals surface area contributed by atoms with Gasteiger partial charge in [0, 0.05) is 38.4 Å². The molecule has 2 unspecified atom stereocenters. The third kappa shape index (κ3) is 5.06. The number of carbonyl (C=O) groups excluding carboxylic acids is 2. The van der Waals surface area contributed by atoms with Gasteiger partial charge in [-0.05, 0) is 37.6 Å². The van der Waals surface area contributed by atoms with Crippen molar-refractivity contribution in [2.24, 2.45) is 10.9 Å². The van der Waals surface area contributed by atoms with Gasteiger partial charge in [-0.25, -0.2) is 9.78 Å². The van der Waals surface area contributed by atoms with Crippen LogP contribution in [0.3, 0.4) is 0 Å². The lowest BCUT2D eigenvalue weighted by molar-refractivity contribution is -0.143.